The normalized spacial score (nSPS) is 15.5. The SMILES string of the molecule is CCCNc1ncnc(C2CC2)c1O. The summed E-state index contributed by atoms with van der Waals surface area (Å²) in [5.41, 5.74) is 0.804. The second-order valence-electron chi connectivity index (χ2n) is 3.66. The van der Waals surface area contributed by atoms with Gasteiger partial charge in [-0.15, -0.1) is 0 Å². The highest BCUT2D eigenvalue weighted by atomic mass is 16.3. The molecule has 0 aliphatic heterocycles. The lowest BCUT2D eigenvalue weighted by Crippen LogP contribution is -2.04. The summed E-state index contributed by atoms with van der Waals surface area (Å²) in [6.07, 6.45) is 4.81. The topological polar surface area (TPSA) is 58.0 Å². The second-order valence-corrected chi connectivity index (χ2v) is 3.66. The average molecular weight is 193 g/mol. The number of anilines is 1. The van der Waals surface area contributed by atoms with E-state index in [9.17, 15) is 5.11 Å². The van der Waals surface area contributed by atoms with Gasteiger partial charge in [0.25, 0.3) is 0 Å². The first-order valence-electron chi connectivity index (χ1n) is 5.10. The standard InChI is InChI=1S/C10H15N3O/c1-2-5-11-10-9(14)8(7-3-4-7)12-6-13-10/h6-7,14H,2-5H2,1H3,(H,11,12,13). The third-order valence-electron chi connectivity index (χ3n) is 2.36. The van der Waals surface area contributed by atoms with Crippen molar-refractivity contribution in [3.63, 3.8) is 0 Å². The van der Waals surface area contributed by atoms with Crippen LogP contribution in [0.4, 0.5) is 5.82 Å². The van der Waals surface area contributed by atoms with Crippen LogP contribution in [0.15, 0.2) is 6.33 Å². The number of aromatic hydroxyl groups is 1. The Morgan fingerprint density at radius 1 is 1.50 bits per heavy atom. The van der Waals surface area contributed by atoms with Gasteiger partial charge in [-0.05, 0) is 19.3 Å². The fraction of sp³-hybridized carbons (Fsp3) is 0.600. The highest BCUT2D eigenvalue weighted by Gasteiger charge is 2.29. The molecule has 4 nitrogen and oxygen atoms in total. The molecule has 0 atom stereocenters. The summed E-state index contributed by atoms with van der Waals surface area (Å²) >= 11 is 0. The third kappa shape index (κ3) is 1.78. The minimum Gasteiger partial charge on any atom is -0.503 e. The lowest BCUT2D eigenvalue weighted by atomic mass is 10.2. The molecule has 1 heterocycles. The predicted octanol–water partition coefficient (Wildman–Crippen LogP) is 1.88. The highest BCUT2D eigenvalue weighted by Crippen LogP contribution is 2.44. The highest BCUT2D eigenvalue weighted by molar-refractivity contribution is 5.52. The molecule has 2 N–H and O–H groups in total. The third-order valence-corrected chi connectivity index (χ3v) is 2.36. The molecule has 1 aliphatic rings. The Balaban J connectivity index is 2.18. The monoisotopic (exact) mass is 193 g/mol. The van der Waals surface area contributed by atoms with E-state index in [0.29, 0.717) is 11.7 Å². The second kappa shape index (κ2) is 3.82. The summed E-state index contributed by atoms with van der Waals surface area (Å²) in [6, 6.07) is 0. The van der Waals surface area contributed by atoms with Gasteiger partial charge in [0.1, 0.15) is 6.33 Å². The van der Waals surface area contributed by atoms with Crippen molar-refractivity contribution in [1.29, 1.82) is 0 Å². The van der Waals surface area contributed by atoms with Gasteiger partial charge >= 0.3 is 0 Å². The van der Waals surface area contributed by atoms with Gasteiger partial charge in [-0.3, -0.25) is 0 Å². The first-order valence-corrected chi connectivity index (χ1v) is 5.10. The van der Waals surface area contributed by atoms with Crippen LogP contribution in [0.3, 0.4) is 0 Å². The zero-order valence-electron chi connectivity index (χ0n) is 8.32. The van der Waals surface area contributed by atoms with Crippen molar-refractivity contribution in [2.75, 3.05) is 11.9 Å². The summed E-state index contributed by atoms with van der Waals surface area (Å²) in [5.74, 6) is 1.27. The Morgan fingerprint density at radius 2 is 2.29 bits per heavy atom. The molecule has 4 heteroatoms. The number of hydrogen-bond acceptors (Lipinski definition) is 4. The number of hydrogen-bond donors (Lipinski definition) is 2. The van der Waals surface area contributed by atoms with E-state index in [4.69, 9.17) is 0 Å². The lowest BCUT2D eigenvalue weighted by Gasteiger charge is -2.08. The molecule has 1 aliphatic carbocycles. The maximum atomic E-state index is 9.84. The Morgan fingerprint density at radius 3 is 2.93 bits per heavy atom. The smallest absolute Gasteiger partial charge is 0.180 e. The molecule has 0 unspecified atom stereocenters. The van der Waals surface area contributed by atoms with Gasteiger partial charge < -0.3 is 10.4 Å². The van der Waals surface area contributed by atoms with Gasteiger partial charge in [0.05, 0.1) is 5.69 Å². The fourth-order valence-electron chi connectivity index (χ4n) is 1.42. The quantitative estimate of drug-likeness (QED) is 0.766. The van der Waals surface area contributed by atoms with E-state index in [-0.39, 0.29) is 5.75 Å². The van der Waals surface area contributed by atoms with Crippen LogP contribution in [0.5, 0.6) is 5.75 Å². The van der Waals surface area contributed by atoms with Gasteiger partial charge in [0.15, 0.2) is 11.6 Å². The van der Waals surface area contributed by atoms with Gasteiger partial charge in [-0.1, -0.05) is 6.92 Å². The van der Waals surface area contributed by atoms with Crippen molar-refractivity contribution in [3.05, 3.63) is 12.0 Å². The molecule has 0 amide bonds. The summed E-state index contributed by atoms with van der Waals surface area (Å²) in [7, 11) is 0. The van der Waals surface area contributed by atoms with Crippen LogP contribution >= 0.6 is 0 Å². The van der Waals surface area contributed by atoms with Crippen LogP contribution in [0, 0.1) is 0 Å². The summed E-state index contributed by atoms with van der Waals surface area (Å²) < 4.78 is 0. The van der Waals surface area contributed by atoms with Gasteiger partial charge in [0.2, 0.25) is 0 Å². The molecular weight excluding hydrogens is 178 g/mol. The average Bonchev–Trinajstić information content (AvgIpc) is 3.00. The molecule has 1 aromatic heterocycles. The summed E-state index contributed by atoms with van der Waals surface area (Å²) in [4.78, 5) is 8.12. The van der Waals surface area contributed by atoms with E-state index in [1.165, 1.54) is 6.33 Å². The minimum atomic E-state index is 0.239. The van der Waals surface area contributed by atoms with Crippen molar-refractivity contribution in [3.8, 4) is 5.75 Å². The molecule has 0 saturated heterocycles. The van der Waals surface area contributed by atoms with Crippen LogP contribution in [0.1, 0.15) is 37.8 Å². The maximum Gasteiger partial charge on any atom is 0.180 e. The Hall–Kier alpha value is -1.32. The van der Waals surface area contributed by atoms with E-state index in [1.54, 1.807) is 0 Å². The molecular formula is C10H15N3O. The van der Waals surface area contributed by atoms with Crippen LogP contribution in [-0.2, 0) is 0 Å². The zero-order chi connectivity index (χ0) is 9.97. The van der Waals surface area contributed by atoms with Crippen molar-refractivity contribution < 1.29 is 5.11 Å². The van der Waals surface area contributed by atoms with E-state index in [0.717, 1.165) is 31.5 Å². The molecule has 2 rings (SSSR count). The molecule has 76 valence electrons. The maximum absolute atomic E-state index is 9.84. The minimum absolute atomic E-state index is 0.239. The number of rotatable bonds is 4. The molecule has 0 bridgehead atoms. The molecule has 14 heavy (non-hydrogen) atoms. The molecule has 1 aromatic rings. The van der Waals surface area contributed by atoms with Crippen molar-refractivity contribution >= 4 is 5.82 Å². The molecule has 0 spiro atoms. The van der Waals surface area contributed by atoms with Crippen LogP contribution < -0.4 is 5.32 Å². The summed E-state index contributed by atoms with van der Waals surface area (Å²) in [6.45, 7) is 2.90. The number of aromatic nitrogens is 2. The number of nitrogens with one attached hydrogen (secondary N) is 1. The number of nitrogens with zero attached hydrogens (tertiary/aromatic N) is 2. The predicted molar refractivity (Wildman–Crippen MR) is 54.5 cm³/mol. The van der Waals surface area contributed by atoms with Gasteiger partial charge in [-0.25, -0.2) is 9.97 Å². The van der Waals surface area contributed by atoms with E-state index >= 15 is 0 Å². The largest absolute Gasteiger partial charge is 0.503 e. The fourth-order valence-corrected chi connectivity index (χ4v) is 1.42. The van der Waals surface area contributed by atoms with E-state index in [1.807, 2.05) is 0 Å². The Kier molecular flexibility index (Phi) is 2.52. The summed E-state index contributed by atoms with van der Waals surface area (Å²) in [5, 5.41) is 12.9. The molecule has 0 aromatic carbocycles. The van der Waals surface area contributed by atoms with E-state index in [2.05, 4.69) is 22.2 Å². The zero-order valence-corrected chi connectivity index (χ0v) is 8.32. The molecule has 1 fully saturated rings. The molecule has 0 radical (unpaired) electrons. The van der Waals surface area contributed by atoms with Crippen LogP contribution in [-0.4, -0.2) is 21.6 Å². The van der Waals surface area contributed by atoms with Crippen LogP contribution in [0.2, 0.25) is 0 Å². The van der Waals surface area contributed by atoms with Gasteiger partial charge in [-0.2, -0.15) is 0 Å². The Bertz CT molecular complexity index is 323. The Labute approximate surface area is 83.4 Å². The van der Waals surface area contributed by atoms with E-state index < -0.39 is 0 Å². The van der Waals surface area contributed by atoms with Gasteiger partial charge in [0, 0.05) is 12.5 Å². The van der Waals surface area contributed by atoms with Crippen molar-refractivity contribution in [2.24, 2.45) is 0 Å². The van der Waals surface area contributed by atoms with Crippen molar-refractivity contribution in [1.82, 2.24) is 9.97 Å². The lowest BCUT2D eigenvalue weighted by molar-refractivity contribution is 0.463. The van der Waals surface area contributed by atoms with Crippen molar-refractivity contribution in [2.45, 2.75) is 32.1 Å². The molecule has 1 saturated carbocycles. The first-order chi connectivity index (χ1) is 6.83. The first kappa shape index (κ1) is 9.24. The van der Waals surface area contributed by atoms with Crippen LogP contribution in [0.25, 0.3) is 0 Å².